The Labute approximate surface area is 120 Å². The monoisotopic (exact) mass is 265 g/mol. The summed E-state index contributed by atoms with van der Waals surface area (Å²) in [5.41, 5.74) is 5.41. The maximum absolute atomic E-state index is 10.9. The minimum Gasteiger partial charge on any atom is -0.378 e. The smallest absolute Gasteiger partial charge is 0.143 e. The van der Waals surface area contributed by atoms with E-state index in [1.807, 2.05) is 38.4 Å². The lowest BCUT2D eigenvalue weighted by Crippen LogP contribution is -2.08. The number of benzene rings is 2. The maximum Gasteiger partial charge on any atom is 0.143 e. The van der Waals surface area contributed by atoms with E-state index in [0.717, 1.165) is 28.7 Å². The zero-order chi connectivity index (χ0) is 14.5. The van der Waals surface area contributed by atoms with Crippen LogP contribution in [0.3, 0.4) is 0 Å². The first-order chi connectivity index (χ1) is 9.61. The van der Waals surface area contributed by atoms with Crippen LogP contribution in [0.5, 0.6) is 0 Å². The lowest BCUT2D eigenvalue weighted by molar-refractivity contribution is -0.104. The van der Waals surface area contributed by atoms with Crippen molar-refractivity contribution in [2.45, 2.75) is 6.92 Å². The highest BCUT2D eigenvalue weighted by atomic mass is 16.1. The standard InChI is InChI=1S/C18H19NO/c1-14-4-6-15(7-5-14)18(12-13-20)16-8-10-17(11-9-16)19(2)3/h4-13H,1-3H3. The number of allylic oxidation sites excluding steroid dienone is 1. The number of carbonyl (C=O) groups is 1. The van der Waals surface area contributed by atoms with Crippen molar-refractivity contribution in [3.8, 4) is 0 Å². The second kappa shape index (κ2) is 6.20. The van der Waals surface area contributed by atoms with Gasteiger partial charge >= 0.3 is 0 Å². The molecule has 0 radical (unpaired) electrons. The molecule has 2 nitrogen and oxygen atoms in total. The first-order valence-electron chi connectivity index (χ1n) is 6.62. The first kappa shape index (κ1) is 14.1. The van der Waals surface area contributed by atoms with Crippen LogP contribution in [0.15, 0.2) is 54.6 Å². The summed E-state index contributed by atoms with van der Waals surface area (Å²) >= 11 is 0. The summed E-state index contributed by atoms with van der Waals surface area (Å²) in [4.78, 5) is 13.0. The Morgan fingerprint density at radius 3 is 1.85 bits per heavy atom. The van der Waals surface area contributed by atoms with Crippen LogP contribution in [0.25, 0.3) is 5.57 Å². The van der Waals surface area contributed by atoms with Crippen molar-refractivity contribution in [3.63, 3.8) is 0 Å². The zero-order valence-corrected chi connectivity index (χ0v) is 12.1. The van der Waals surface area contributed by atoms with E-state index < -0.39 is 0 Å². The number of aryl methyl sites for hydroxylation is 1. The Kier molecular flexibility index (Phi) is 4.36. The van der Waals surface area contributed by atoms with E-state index in [4.69, 9.17) is 0 Å². The highest BCUT2D eigenvalue weighted by Crippen LogP contribution is 2.25. The van der Waals surface area contributed by atoms with Crippen molar-refractivity contribution in [1.29, 1.82) is 0 Å². The summed E-state index contributed by atoms with van der Waals surface area (Å²) in [5.74, 6) is 0. The molecule has 0 aliphatic rings. The molecule has 0 heterocycles. The average Bonchev–Trinajstić information content (AvgIpc) is 2.46. The second-order valence-electron chi connectivity index (χ2n) is 5.02. The summed E-state index contributed by atoms with van der Waals surface area (Å²) in [6, 6.07) is 16.4. The molecular weight excluding hydrogens is 246 g/mol. The van der Waals surface area contributed by atoms with Crippen molar-refractivity contribution in [3.05, 3.63) is 71.3 Å². The topological polar surface area (TPSA) is 20.3 Å². The number of anilines is 1. The third-order valence-electron chi connectivity index (χ3n) is 3.29. The van der Waals surface area contributed by atoms with Gasteiger partial charge in [-0.1, -0.05) is 42.0 Å². The number of aldehydes is 1. The average molecular weight is 265 g/mol. The van der Waals surface area contributed by atoms with Crippen LogP contribution in [0.4, 0.5) is 5.69 Å². The van der Waals surface area contributed by atoms with Crippen LogP contribution >= 0.6 is 0 Å². The summed E-state index contributed by atoms with van der Waals surface area (Å²) in [7, 11) is 4.02. The van der Waals surface area contributed by atoms with E-state index >= 15 is 0 Å². The van der Waals surface area contributed by atoms with Gasteiger partial charge in [-0.15, -0.1) is 0 Å². The van der Waals surface area contributed by atoms with Gasteiger partial charge in [0.15, 0.2) is 0 Å². The van der Waals surface area contributed by atoms with Gasteiger partial charge in [0.1, 0.15) is 6.29 Å². The molecule has 0 N–H and O–H groups in total. The van der Waals surface area contributed by atoms with Crippen molar-refractivity contribution in [2.24, 2.45) is 0 Å². The van der Waals surface area contributed by atoms with E-state index in [1.54, 1.807) is 6.08 Å². The molecule has 0 bridgehead atoms. The number of rotatable bonds is 4. The lowest BCUT2D eigenvalue weighted by Gasteiger charge is -2.14. The molecule has 0 amide bonds. The molecule has 0 fully saturated rings. The Morgan fingerprint density at radius 1 is 0.900 bits per heavy atom. The van der Waals surface area contributed by atoms with Crippen molar-refractivity contribution in [2.75, 3.05) is 19.0 Å². The van der Waals surface area contributed by atoms with Gasteiger partial charge in [0.25, 0.3) is 0 Å². The molecular formula is C18H19NO. The summed E-state index contributed by atoms with van der Waals surface area (Å²) in [6.07, 6.45) is 2.46. The maximum atomic E-state index is 10.9. The van der Waals surface area contributed by atoms with E-state index in [9.17, 15) is 4.79 Å². The molecule has 0 atom stereocenters. The Hall–Kier alpha value is -2.35. The number of nitrogens with zero attached hydrogens (tertiary/aromatic N) is 1. The molecule has 2 aromatic carbocycles. The summed E-state index contributed by atoms with van der Waals surface area (Å²) in [5, 5.41) is 0. The number of hydrogen-bond donors (Lipinski definition) is 0. The fourth-order valence-corrected chi connectivity index (χ4v) is 2.10. The molecule has 2 heteroatoms. The Morgan fingerprint density at radius 2 is 1.40 bits per heavy atom. The van der Waals surface area contributed by atoms with Gasteiger partial charge in [-0.3, -0.25) is 4.79 Å². The SMILES string of the molecule is Cc1ccc(C(=CC=O)c2ccc(N(C)C)cc2)cc1. The predicted octanol–water partition coefficient (Wildman–Crippen LogP) is 3.69. The fourth-order valence-electron chi connectivity index (χ4n) is 2.10. The van der Waals surface area contributed by atoms with Crippen molar-refractivity contribution in [1.82, 2.24) is 0 Å². The third-order valence-corrected chi connectivity index (χ3v) is 3.29. The fraction of sp³-hybridized carbons (Fsp3) is 0.167. The van der Waals surface area contributed by atoms with Crippen LogP contribution in [0.2, 0.25) is 0 Å². The Balaban J connectivity index is 2.41. The lowest BCUT2D eigenvalue weighted by atomic mass is 9.97. The molecule has 2 rings (SSSR count). The van der Waals surface area contributed by atoms with Crippen LogP contribution < -0.4 is 4.90 Å². The van der Waals surface area contributed by atoms with E-state index in [-0.39, 0.29) is 0 Å². The zero-order valence-electron chi connectivity index (χ0n) is 12.1. The summed E-state index contributed by atoms with van der Waals surface area (Å²) < 4.78 is 0. The molecule has 2 aromatic rings. The van der Waals surface area contributed by atoms with Crippen LogP contribution in [-0.2, 0) is 4.79 Å². The molecule has 0 saturated heterocycles. The summed E-state index contributed by atoms with van der Waals surface area (Å²) in [6.45, 7) is 2.05. The van der Waals surface area contributed by atoms with Gasteiger partial charge in [0, 0.05) is 19.8 Å². The molecule has 0 aliphatic carbocycles. The van der Waals surface area contributed by atoms with Gasteiger partial charge in [-0.2, -0.15) is 0 Å². The van der Waals surface area contributed by atoms with E-state index in [1.165, 1.54) is 5.56 Å². The second-order valence-corrected chi connectivity index (χ2v) is 5.02. The van der Waals surface area contributed by atoms with Crippen molar-refractivity contribution >= 4 is 17.5 Å². The van der Waals surface area contributed by atoms with Gasteiger partial charge < -0.3 is 4.90 Å². The van der Waals surface area contributed by atoms with Gasteiger partial charge in [0.2, 0.25) is 0 Å². The largest absolute Gasteiger partial charge is 0.378 e. The van der Waals surface area contributed by atoms with Crippen molar-refractivity contribution < 1.29 is 4.79 Å². The minimum absolute atomic E-state index is 0.842. The highest BCUT2D eigenvalue weighted by molar-refractivity contribution is 5.89. The normalized spacial score (nSPS) is 11.2. The quantitative estimate of drug-likeness (QED) is 0.620. The molecule has 0 saturated carbocycles. The Bertz CT molecular complexity index is 607. The molecule has 0 aliphatic heterocycles. The number of carbonyl (C=O) groups excluding carboxylic acids is 1. The van der Waals surface area contributed by atoms with E-state index in [0.29, 0.717) is 0 Å². The minimum atomic E-state index is 0.842. The number of hydrogen-bond acceptors (Lipinski definition) is 2. The third kappa shape index (κ3) is 3.15. The van der Waals surface area contributed by atoms with Gasteiger partial charge in [-0.25, -0.2) is 0 Å². The van der Waals surface area contributed by atoms with E-state index in [2.05, 4.69) is 36.1 Å². The molecule has 0 unspecified atom stereocenters. The molecule has 20 heavy (non-hydrogen) atoms. The van der Waals surface area contributed by atoms with Gasteiger partial charge in [-0.05, 0) is 41.8 Å². The molecule has 0 aromatic heterocycles. The van der Waals surface area contributed by atoms with Crippen LogP contribution in [-0.4, -0.2) is 20.4 Å². The molecule has 0 spiro atoms. The molecule has 102 valence electrons. The van der Waals surface area contributed by atoms with Gasteiger partial charge in [0.05, 0.1) is 0 Å². The highest BCUT2D eigenvalue weighted by Gasteiger charge is 2.05. The predicted molar refractivity (Wildman–Crippen MR) is 85.1 cm³/mol. The van der Waals surface area contributed by atoms with Crippen LogP contribution in [0.1, 0.15) is 16.7 Å². The first-order valence-corrected chi connectivity index (χ1v) is 6.62. The van der Waals surface area contributed by atoms with Crippen LogP contribution in [0, 0.1) is 6.92 Å².